The zero-order chi connectivity index (χ0) is 13.6. The standard InChI is InChI=1S/C11H17BrN2O3S/c1-2-17-7-3-6-14-18(15,16)11-8-9(12)4-5-10(11)13/h4-5,8,14H,2-3,6-7,13H2,1H3. The van der Waals surface area contributed by atoms with Gasteiger partial charge in [-0.2, -0.15) is 0 Å². The molecule has 1 aromatic carbocycles. The fourth-order valence-electron chi connectivity index (χ4n) is 1.34. The second-order valence-corrected chi connectivity index (χ2v) is 6.28. The Balaban J connectivity index is 2.66. The van der Waals surface area contributed by atoms with Crippen LogP contribution >= 0.6 is 15.9 Å². The van der Waals surface area contributed by atoms with Crippen LogP contribution in [0.5, 0.6) is 0 Å². The summed E-state index contributed by atoms with van der Waals surface area (Å²) >= 11 is 3.22. The third-order valence-corrected chi connectivity index (χ3v) is 4.24. The Morgan fingerprint density at radius 3 is 2.83 bits per heavy atom. The predicted octanol–water partition coefficient (Wildman–Crippen LogP) is 1.74. The normalized spacial score (nSPS) is 11.7. The summed E-state index contributed by atoms with van der Waals surface area (Å²) in [5.74, 6) is 0. The summed E-state index contributed by atoms with van der Waals surface area (Å²) in [4.78, 5) is 0.0910. The highest BCUT2D eigenvalue weighted by Crippen LogP contribution is 2.22. The van der Waals surface area contributed by atoms with Gasteiger partial charge in [0.15, 0.2) is 0 Å². The van der Waals surface area contributed by atoms with Crippen LogP contribution in [0.4, 0.5) is 5.69 Å². The molecule has 0 aliphatic carbocycles. The lowest BCUT2D eigenvalue weighted by molar-refractivity contribution is 0.146. The van der Waals surface area contributed by atoms with E-state index in [2.05, 4.69) is 20.7 Å². The van der Waals surface area contributed by atoms with E-state index in [4.69, 9.17) is 10.5 Å². The summed E-state index contributed by atoms with van der Waals surface area (Å²) in [7, 11) is -3.56. The maximum absolute atomic E-state index is 12.0. The first kappa shape index (κ1) is 15.4. The quantitative estimate of drug-likeness (QED) is 0.587. The van der Waals surface area contributed by atoms with Gasteiger partial charge in [0.2, 0.25) is 10.0 Å². The van der Waals surface area contributed by atoms with E-state index in [9.17, 15) is 8.42 Å². The minimum Gasteiger partial charge on any atom is -0.398 e. The van der Waals surface area contributed by atoms with Gasteiger partial charge in [-0.05, 0) is 31.5 Å². The van der Waals surface area contributed by atoms with Crippen molar-refractivity contribution in [1.29, 1.82) is 0 Å². The number of hydrogen-bond acceptors (Lipinski definition) is 4. The van der Waals surface area contributed by atoms with Gasteiger partial charge in [-0.25, -0.2) is 13.1 Å². The number of hydrogen-bond donors (Lipinski definition) is 2. The molecule has 1 rings (SSSR count). The fourth-order valence-corrected chi connectivity index (χ4v) is 3.09. The van der Waals surface area contributed by atoms with Crippen LogP contribution in [-0.2, 0) is 14.8 Å². The Hall–Kier alpha value is -0.630. The largest absolute Gasteiger partial charge is 0.398 e. The van der Waals surface area contributed by atoms with E-state index in [1.165, 1.54) is 6.07 Å². The zero-order valence-corrected chi connectivity index (χ0v) is 12.6. The van der Waals surface area contributed by atoms with Gasteiger partial charge in [0.05, 0.1) is 5.69 Å². The van der Waals surface area contributed by atoms with Crippen molar-refractivity contribution >= 4 is 31.6 Å². The highest BCUT2D eigenvalue weighted by Gasteiger charge is 2.16. The molecule has 0 amide bonds. The number of halogens is 1. The molecule has 5 nitrogen and oxygen atoms in total. The number of nitrogens with one attached hydrogen (secondary N) is 1. The molecule has 0 fully saturated rings. The van der Waals surface area contributed by atoms with Crippen molar-refractivity contribution in [2.24, 2.45) is 0 Å². The minimum absolute atomic E-state index is 0.0910. The Labute approximate surface area is 116 Å². The number of anilines is 1. The molecule has 1 aromatic rings. The number of benzene rings is 1. The highest BCUT2D eigenvalue weighted by atomic mass is 79.9. The van der Waals surface area contributed by atoms with E-state index in [-0.39, 0.29) is 10.6 Å². The lowest BCUT2D eigenvalue weighted by atomic mass is 10.3. The van der Waals surface area contributed by atoms with Crippen molar-refractivity contribution in [3.63, 3.8) is 0 Å². The number of ether oxygens (including phenoxy) is 1. The van der Waals surface area contributed by atoms with Crippen molar-refractivity contribution in [1.82, 2.24) is 4.72 Å². The molecule has 0 saturated carbocycles. The molecular weight excluding hydrogens is 320 g/mol. The van der Waals surface area contributed by atoms with Crippen LogP contribution in [0.3, 0.4) is 0 Å². The molecule has 0 bridgehead atoms. The van der Waals surface area contributed by atoms with Crippen molar-refractivity contribution in [2.75, 3.05) is 25.5 Å². The van der Waals surface area contributed by atoms with Crippen molar-refractivity contribution < 1.29 is 13.2 Å². The van der Waals surface area contributed by atoms with Gasteiger partial charge in [-0.3, -0.25) is 0 Å². The summed E-state index contributed by atoms with van der Waals surface area (Å²) < 4.78 is 32.3. The highest BCUT2D eigenvalue weighted by molar-refractivity contribution is 9.10. The van der Waals surface area contributed by atoms with Crippen LogP contribution in [0.25, 0.3) is 0 Å². The smallest absolute Gasteiger partial charge is 0.242 e. The summed E-state index contributed by atoms with van der Waals surface area (Å²) in [6.07, 6.45) is 0.626. The predicted molar refractivity (Wildman–Crippen MR) is 74.9 cm³/mol. The van der Waals surface area contributed by atoms with E-state index in [1.54, 1.807) is 12.1 Å². The molecule has 0 radical (unpaired) electrons. The van der Waals surface area contributed by atoms with Gasteiger partial charge in [0.1, 0.15) is 4.90 Å². The van der Waals surface area contributed by atoms with Crippen LogP contribution in [-0.4, -0.2) is 28.2 Å². The van der Waals surface area contributed by atoms with E-state index in [0.717, 1.165) is 0 Å². The Morgan fingerprint density at radius 2 is 2.17 bits per heavy atom. The second kappa shape index (κ2) is 7.08. The number of nitrogens with two attached hydrogens (primary N) is 1. The van der Waals surface area contributed by atoms with E-state index >= 15 is 0 Å². The molecule has 0 aliphatic heterocycles. The van der Waals surface area contributed by atoms with E-state index in [0.29, 0.717) is 30.7 Å². The third kappa shape index (κ3) is 4.56. The van der Waals surface area contributed by atoms with Crippen LogP contribution in [0.2, 0.25) is 0 Å². The summed E-state index contributed by atoms with van der Waals surface area (Å²) in [5.41, 5.74) is 5.89. The molecule has 0 heterocycles. The molecule has 0 atom stereocenters. The molecular formula is C11H17BrN2O3S. The Morgan fingerprint density at radius 1 is 1.44 bits per heavy atom. The van der Waals surface area contributed by atoms with Crippen molar-refractivity contribution in [2.45, 2.75) is 18.2 Å². The number of rotatable bonds is 7. The van der Waals surface area contributed by atoms with Gasteiger partial charge in [-0.15, -0.1) is 0 Å². The van der Waals surface area contributed by atoms with Gasteiger partial charge in [0, 0.05) is 24.2 Å². The minimum atomic E-state index is -3.56. The summed E-state index contributed by atoms with van der Waals surface area (Å²) in [6, 6.07) is 4.74. The number of sulfonamides is 1. The van der Waals surface area contributed by atoms with Crippen LogP contribution in [0.15, 0.2) is 27.6 Å². The van der Waals surface area contributed by atoms with Gasteiger partial charge < -0.3 is 10.5 Å². The second-order valence-electron chi connectivity index (χ2n) is 3.63. The molecule has 0 spiro atoms. The molecule has 0 aromatic heterocycles. The Bertz CT molecular complexity index is 491. The first-order valence-corrected chi connectivity index (χ1v) is 7.87. The molecule has 0 unspecified atom stereocenters. The van der Waals surface area contributed by atoms with Gasteiger partial charge in [0.25, 0.3) is 0 Å². The average Bonchev–Trinajstić information content (AvgIpc) is 2.32. The van der Waals surface area contributed by atoms with Crippen LogP contribution in [0, 0.1) is 0 Å². The topological polar surface area (TPSA) is 81.4 Å². The maximum Gasteiger partial charge on any atom is 0.242 e. The molecule has 3 N–H and O–H groups in total. The lowest BCUT2D eigenvalue weighted by Gasteiger charge is -2.09. The van der Waals surface area contributed by atoms with Gasteiger partial charge >= 0.3 is 0 Å². The third-order valence-electron chi connectivity index (χ3n) is 2.23. The van der Waals surface area contributed by atoms with Gasteiger partial charge in [-0.1, -0.05) is 15.9 Å². The SMILES string of the molecule is CCOCCCNS(=O)(=O)c1cc(Br)ccc1N. The van der Waals surface area contributed by atoms with Crippen LogP contribution in [0.1, 0.15) is 13.3 Å². The number of nitrogen functional groups attached to an aromatic ring is 1. The zero-order valence-electron chi connectivity index (χ0n) is 10.1. The molecule has 0 saturated heterocycles. The lowest BCUT2D eigenvalue weighted by Crippen LogP contribution is -2.26. The first-order chi connectivity index (χ1) is 8.47. The first-order valence-electron chi connectivity index (χ1n) is 5.60. The van der Waals surface area contributed by atoms with E-state index in [1.807, 2.05) is 6.92 Å². The summed E-state index contributed by atoms with van der Waals surface area (Å²) in [5, 5.41) is 0. The van der Waals surface area contributed by atoms with Crippen LogP contribution < -0.4 is 10.5 Å². The molecule has 18 heavy (non-hydrogen) atoms. The molecule has 102 valence electrons. The Kier molecular flexibility index (Phi) is 6.07. The maximum atomic E-state index is 12.0. The fraction of sp³-hybridized carbons (Fsp3) is 0.455. The van der Waals surface area contributed by atoms with E-state index < -0.39 is 10.0 Å². The monoisotopic (exact) mass is 336 g/mol. The molecule has 0 aliphatic rings. The van der Waals surface area contributed by atoms with Crippen molar-refractivity contribution in [3.05, 3.63) is 22.7 Å². The van der Waals surface area contributed by atoms with Crippen molar-refractivity contribution in [3.8, 4) is 0 Å². The summed E-state index contributed by atoms with van der Waals surface area (Å²) in [6.45, 7) is 3.39. The average molecular weight is 337 g/mol. The molecule has 7 heteroatoms.